The van der Waals surface area contributed by atoms with Crippen molar-refractivity contribution >= 4 is 17.3 Å². The highest BCUT2D eigenvalue weighted by Crippen LogP contribution is 2.36. The Hall–Kier alpha value is -2.56. The van der Waals surface area contributed by atoms with E-state index >= 15 is 0 Å². The second-order valence-corrected chi connectivity index (χ2v) is 4.45. The fourth-order valence-corrected chi connectivity index (χ4v) is 2.54. The van der Waals surface area contributed by atoms with Gasteiger partial charge in [-0.3, -0.25) is 19.7 Å². The van der Waals surface area contributed by atoms with E-state index in [1.807, 2.05) is 12.2 Å². The minimum absolute atomic E-state index is 0.0634. The molecule has 1 aromatic rings. The molecule has 0 unspecified atom stereocenters. The van der Waals surface area contributed by atoms with Crippen molar-refractivity contribution in [2.24, 2.45) is 0 Å². The molecule has 0 saturated carbocycles. The Morgan fingerprint density at radius 2 is 1.63 bits per heavy atom. The minimum atomic E-state index is -0.617. The summed E-state index contributed by atoms with van der Waals surface area (Å²) in [6.45, 7) is 0. The number of carbonyl (C=O) groups is 2. The molecule has 0 N–H and O–H groups in total. The van der Waals surface area contributed by atoms with Crippen molar-refractivity contribution in [3.63, 3.8) is 0 Å². The number of hydrogen-bond donors (Lipinski definition) is 0. The highest BCUT2D eigenvalue weighted by molar-refractivity contribution is 6.28. The number of nitro benzene ring substituents is 1. The quantitative estimate of drug-likeness (QED) is 0.439. The first-order chi connectivity index (χ1) is 9.11. The molecular weight excluding hydrogens is 246 g/mol. The second-order valence-electron chi connectivity index (χ2n) is 4.45. The van der Waals surface area contributed by atoms with Gasteiger partial charge in [0.05, 0.1) is 4.92 Å². The number of nitro groups is 1. The van der Waals surface area contributed by atoms with Crippen molar-refractivity contribution in [3.05, 3.63) is 62.7 Å². The molecule has 0 fully saturated rings. The van der Waals surface area contributed by atoms with E-state index in [0.717, 1.165) is 0 Å². The van der Waals surface area contributed by atoms with Crippen molar-refractivity contribution in [1.82, 2.24) is 0 Å². The van der Waals surface area contributed by atoms with Gasteiger partial charge < -0.3 is 0 Å². The fourth-order valence-electron chi connectivity index (χ4n) is 2.54. The molecule has 2 aliphatic carbocycles. The average Bonchev–Trinajstić information content (AvgIpc) is 2.44. The SMILES string of the molecule is O=C1C2=C(CC=CC2)C(=O)c2c1cccc2[N+](=O)[O-]. The number of hydrogen-bond acceptors (Lipinski definition) is 4. The Balaban J connectivity index is 2.27. The molecule has 5 nitrogen and oxygen atoms in total. The molecule has 0 atom stereocenters. The lowest BCUT2D eigenvalue weighted by molar-refractivity contribution is -0.385. The first-order valence-corrected chi connectivity index (χ1v) is 5.85. The molecule has 19 heavy (non-hydrogen) atoms. The first-order valence-electron chi connectivity index (χ1n) is 5.85. The van der Waals surface area contributed by atoms with Gasteiger partial charge in [0.2, 0.25) is 0 Å². The van der Waals surface area contributed by atoms with Crippen LogP contribution in [0.2, 0.25) is 0 Å². The molecule has 94 valence electrons. The van der Waals surface area contributed by atoms with Gasteiger partial charge in [0.15, 0.2) is 11.6 Å². The third kappa shape index (κ3) is 1.55. The van der Waals surface area contributed by atoms with Crippen molar-refractivity contribution in [1.29, 1.82) is 0 Å². The van der Waals surface area contributed by atoms with Crippen LogP contribution in [0.1, 0.15) is 33.6 Å². The molecule has 0 saturated heterocycles. The molecule has 0 spiro atoms. The van der Waals surface area contributed by atoms with Crippen LogP contribution in [0.3, 0.4) is 0 Å². The maximum Gasteiger partial charge on any atom is 0.281 e. The molecule has 2 aliphatic rings. The van der Waals surface area contributed by atoms with E-state index in [2.05, 4.69) is 0 Å². The van der Waals surface area contributed by atoms with Crippen molar-refractivity contribution in [2.45, 2.75) is 12.8 Å². The van der Waals surface area contributed by atoms with Crippen LogP contribution in [-0.4, -0.2) is 16.5 Å². The van der Waals surface area contributed by atoms with Crippen LogP contribution in [-0.2, 0) is 0 Å². The lowest BCUT2D eigenvalue weighted by Gasteiger charge is -2.21. The van der Waals surface area contributed by atoms with Gasteiger partial charge in [-0.15, -0.1) is 0 Å². The van der Waals surface area contributed by atoms with E-state index in [1.54, 1.807) is 0 Å². The molecule has 1 aromatic carbocycles. The molecule has 3 rings (SSSR count). The van der Waals surface area contributed by atoms with E-state index in [-0.39, 0.29) is 28.4 Å². The molecule has 5 heteroatoms. The zero-order chi connectivity index (χ0) is 13.6. The number of fused-ring (bicyclic) bond motifs is 1. The van der Waals surface area contributed by atoms with Crippen LogP contribution in [0.4, 0.5) is 5.69 Å². The van der Waals surface area contributed by atoms with E-state index in [4.69, 9.17) is 0 Å². The van der Waals surface area contributed by atoms with Gasteiger partial charge in [-0.25, -0.2) is 0 Å². The summed E-state index contributed by atoms with van der Waals surface area (Å²) in [5, 5.41) is 11.0. The summed E-state index contributed by atoms with van der Waals surface area (Å²) in [4.78, 5) is 35.1. The third-order valence-corrected chi connectivity index (χ3v) is 3.43. The molecule has 0 aromatic heterocycles. The lowest BCUT2D eigenvalue weighted by atomic mass is 9.79. The van der Waals surface area contributed by atoms with Gasteiger partial charge in [-0.1, -0.05) is 18.2 Å². The fraction of sp³-hybridized carbons (Fsp3) is 0.143. The number of Topliss-reactive ketones (excluding diaryl/α,β-unsaturated/α-hetero) is 2. The van der Waals surface area contributed by atoms with E-state index in [0.29, 0.717) is 24.0 Å². The number of nitrogens with zero attached hydrogens (tertiary/aromatic N) is 1. The number of allylic oxidation sites excluding steroid dienone is 4. The summed E-state index contributed by atoms with van der Waals surface area (Å²) < 4.78 is 0. The summed E-state index contributed by atoms with van der Waals surface area (Å²) in [7, 11) is 0. The molecular formula is C14H9NO4. The van der Waals surface area contributed by atoms with Gasteiger partial charge in [-0.05, 0) is 18.9 Å². The molecule has 0 radical (unpaired) electrons. The van der Waals surface area contributed by atoms with E-state index in [9.17, 15) is 19.7 Å². The number of carbonyl (C=O) groups excluding carboxylic acids is 2. The van der Waals surface area contributed by atoms with Crippen molar-refractivity contribution in [2.75, 3.05) is 0 Å². The Bertz CT molecular complexity index is 697. The number of ketones is 2. The van der Waals surface area contributed by atoms with Crippen molar-refractivity contribution in [3.8, 4) is 0 Å². The van der Waals surface area contributed by atoms with Crippen LogP contribution in [0.15, 0.2) is 41.5 Å². The third-order valence-electron chi connectivity index (χ3n) is 3.43. The maximum absolute atomic E-state index is 12.4. The molecule has 0 aliphatic heterocycles. The van der Waals surface area contributed by atoms with E-state index < -0.39 is 4.92 Å². The number of rotatable bonds is 1. The number of benzene rings is 1. The van der Waals surface area contributed by atoms with Crippen LogP contribution in [0.25, 0.3) is 0 Å². The monoisotopic (exact) mass is 255 g/mol. The smallest absolute Gasteiger partial charge is 0.281 e. The highest BCUT2D eigenvalue weighted by atomic mass is 16.6. The zero-order valence-corrected chi connectivity index (χ0v) is 9.88. The van der Waals surface area contributed by atoms with Gasteiger partial charge in [0.25, 0.3) is 5.69 Å². The molecule has 0 heterocycles. The standard InChI is InChI=1S/C14H9NO4/c16-13-8-4-1-2-5-9(8)14(17)12-10(13)6-3-7-11(12)15(18)19/h1-3,6-7H,4-5H2. The Morgan fingerprint density at radius 3 is 2.26 bits per heavy atom. The summed E-state index contributed by atoms with van der Waals surface area (Å²) in [5.74, 6) is -0.654. The predicted molar refractivity (Wildman–Crippen MR) is 67.2 cm³/mol. The second kappa shape index (κ2) is 3.98. The van der Waals surface area contributed by atoms with Crippen LogP contribution < -0.4 is 0 Å². The normalized spacial score (nSPS) is 17.3. The minimum Gasteiger partial charge on any atom is -0.289 e. The Morgan fingerprint density at radius 1 is 1.00 bits per heavy atom. The topological polar surface area (TPSA) is 77.3 Å². The average molecular weight is 255 g/mol. The van der Waals surface area contributed by atoms with Crippen molar-refractivity contribution < 1.29 is 14.5 Å². The first kappa shape index (κ1) is 11.5. The van der Waals surface area contributed by atoms with Gasteiger partial charge in [0, 0.05) is 22.8 Å². The lowest BCUT2D eigenvalue weighted by Crippen LogP contribution is -2.24. The predicted octanol–water partition coefficient (Wildman–Crippen LogP) is 2.62. The zero-order valence-electron chi connectivity index (χ0n) is 9.88. The molecule has 0 amide bonds. The summed E-state index contributed by atoms with van der Waals surface area (Å²) in [6.07, 6.45) is 4.43. The largest absolute Gasteiger partial charge is 0.289 e. The van der Waals surface area contributed by atoms with Crippen LogP contribution in [0, 0.1) is 10.1 Å². The van der Waals surface area contributed by atoms with Gasteiger partial charge in [-0.2, -0.15) is 0 Å². The Labute approximate surface area is 108 Å². The van der Waals surface area contributed by atoms with Gasteiger partial charge >= 0.3 is 0 Å². The molecule has 0 bridgehead atoms. The summed E-state index contributed by atoms with van der Waals surface area (Å²) in [5.41, 5.74) is 0.659. The maximum atomic E-state index is 12.4. The Kier molecular flexibility index (Phi) is 2.41. The van der Waals surface area contributed by atoms with E-state index in [1.165, 1.54) is 18.2 Å². The van der Waals surface area contributed by atoms with Crippen LogP contribution >= 0.6 is 0 Å². The summed E-state index contributed by atoms with van der Waals surface area (Å²) in [6, 6.07) is 4.17. The highest BCUT2D eigenvalue weighted by Gasteiger charge is 2.36. The summed E-state index contributed by atoms with van der Waals surface area (Å²) >= 11 is 0. The van der Waals surface area contributed by atoms with Crippen LogP contribution in [0.5, 0.6) is 0 Å². The van der Waals surface area contributed by atoms with Gasteiger partial charge in [0.1, 0.15) is 5.56 Å².